The molecule has 1 aromatic rings. The maximum atomic E-state index is 11.9. The molecule has 15 heavy (non-hydrogen) atoms. The van der Waals surface area contributed by atoms with E-state index in [2.05, 4.69) is 15.9 Å². The summed E-state index contributed by atoms with van der Waals surface area (Å²) in [6, 6.07) is 3.39. The number of carbonyl (C=O) groups is 1. The average Bonchev–Trinajstić information content (AvgIpc) is 2.67. The highest BCUT2D eigenvalue weighted by atomic mass is 79.9. The molecule has 1 atom stereocenters. The largest absolute Gasteiger partial charge is 0.459 e. The first-order valence-corrected chi connectivity index (χ1v) is 5.73. The van der Waals surface area contributed by atoms with Crippen LogP contribution in [0.4, 0.5) is 0 Å². The first-order chi connectivity index (χ1) is 7.27. The SMILES string of the molecule is O=C(c1ccco1)N1CCOCC(Br)C1. The lowest BCUT2D eigenvalue weighted by molar-refractivity contribution is 0.0710. The second kappa shape index (κ2) is 4.81. The van der Waals surface area contributed by atoms with Crippen LogP contribution in [-0.4, -0.2) is 41.9 Å². The minimum atomic E-state index is -0.0741. The molecule has 0 saturated carbocycles. The Hall–Kier alpha value is -0.810. The number of ether oxygens (including phenoxy) is 1. The minimum absolute atomic E-state index is 0.0741. The molecule has 0 aromatic carbocycles. The molecule has 4 nitrogen and oxygen atoms in total. The molecule has 1 amide bonds. The molecule has 1 aliphatic heterocycles. The highest BCUT2D eigenvalue weighted by Crippen LogP contribution is 2.12. The predicted octanol–water partition coefficient (Wildman–Crippen LogP) is 1.52. The van der Waals surface area contributed by atoms with Crippen molar-refractivity contribution in [2.24, 2.45) is 0 Å². The first kappa shape index (κ1) is 10.7. The van der Waals surface area contributed by atoms with E-state index in [1.165, 1.54) is 6.26 Å². The van der Waals surface area contributed by atoms with Crippen molar-refractivity contribution in [1.82, 2.24) is 4.90 Å². The Balaban J connectivity index is 2.06. The number of furan rings is 1. The van der Waals surface area contributed by atoms with Crippen LogP contribution in [0.1, 0.15) is 10.6 Å². The summed E-state index contributed by atoms with van der Waals surface area (Å²) >= 11 is 3.46. The van der Waals surface area contributed by atoms with Crippen molar-refractivity contribution >= 4 is 21.8 Å². The van der Waals surface area contributed by atoms with Crippen LogP contribution in [0, 0.1) is 0 Å². The zero-order chi connectivity index (χ0) is 10.7. The molecule has 0 bridgehead atoms. The third kappa shape index (κ3) is 2.60. The molecule has 82 valence electrons. The van der Waals surface area contributed by atoms with Gasteiger partial charge in [0.15, 0.2) is 5.76 Å². The Labute approximate surface area is 96.3 Å². The summed E-state index contributed by atoms with van der Waals surface area (Å²) < 4.78 is 10.4. The molecule has 1 aromatic heterocycles. The van der Waals surface area contributed by atoms with Crippen LogP contribution in [0.25, 0.3) is 0 Å². The Morgan fingerprint density at radius 2 is 2.47 bits per heavy atom. The lowest BCUT2D eigenvalue weighted by Gasteiger charge is -2.19. The second-order valence-electron chi connectivity index (χ2n) is 3.40. The van der Waals surface area contributed by atoms with Gasteiger partial charge < -0.3 is 14.1 Å². The van der Waals surface area contributed by atoms with E-state index in [1.807, 2.05) is 0 Å². The molecular formula is C10H12BrNO3. The molecule has 1 aliphatic rings. The molecule has 2 heterocycles. The van der Waals surface area contributed by atoms with E-state index < -0.39 is 0 Å². The van der Waals surface area contributed by atoms with Gasteiger partial charge in [-0.15, -0.1) is 0 Å². The summed E-state index contributed by atoms with van der Waals surface area (Å²) in [6.07, 6.45) is 1.51. The van der Waals surface area contributed by atoms with Gasteiger partial charge in [-0.2, -0.15) is 0 Å². The Morgan fingerprint density at radius 3 is 3.20 bits per heavy atom. The standard InChI is InChI=1S/C10H12BrNO3/c11-8-6-12(3-5-14-7-8)10(13)9-2-1-4-15-9/h1-2,4,8H,3,5-7H2. The smallest absolute Gasteiger partial charge is 0.289 e. The maximum absolute atomic E-state index is 11.9. The highest BCUT2D eigenvalue weighted by molar-refractivity contribution is 9.09. The van der Waals surface area contributed by atoms with Gasteiger partial charge >= 0.3 is 0 Å². The van der Waals surface area contributed by atoms with Crippen molar-refractivity contribution in [2.75, 3.05) is 26.3 Å². The van der Waals surface area contributed by atoms with Crippen molar-refractivity contribution in [3.8, 4) is 0 Å². The maximum Gasteiger partial charge on any atom is 0.289 e. The first-order valence-electron chi connectivity index (χ1n) is 4.82. The molecule has 1 fully saturated rings. The summed E-state index contributed by atoms with van der Waals surface area (Å²) in [5, 5.41) is 0. The van der Waals surface area contributed by atoms with Gasteiger partial charge in [0.05, 0.1) is 24.3 Å². The minimum Gasteiger partial charge on any atom is -0.459 e. The van der Waals surface area contributed by atoms with Crippen molar-refractivity contribution in [2.45, 2.75) is 4.83 Å². The van der Waals surface area contributed by atoms with E-state index in [0.29, 0.717) is 32.1 Å². The van der Waals surface area contributed by atoms with Gasteiger partial charge in [-0.3, -0.25) is 4.79 Å². The number of carbonyl (C=O) groups excluding carboxylic acids is 1. The third-order valence-electron chi connectivity index (χ3n) is 2.24. The highest BCUT2D eigenvalue weighted by Gasteiger charge is 2.23. The average molecular weight is 274 g/mol. The van der Waals surface area contributed by atoms with Crippen molar-refractivity contribution in [1.29, 1.82) is 0 Å². The van der Waals surface area contributed by atoms with E-state index in [4.69, 9.17) is 9.15 Å². The van der Waals surface area contributed by atoms with Crippen LogP contribution >= 0.6 is 15.9 Å². The molecule has 5 heteroatoms. The molecule has 0 spiro atoms. The molecular weight excluding hydrogens is 262 g/mol. The molecule has 0 aliphatic carbocycles. The van der Waals surface area contributed by atoms with E-state index >= 15 is 0 Å². The zero-order valence-corrected chi connectivity index (χ0v) is 9.77. The number of nitrogens with zero attached hydrogens (tertiary/aromatic N) is 1. The third-order valence-corrected chi connectivity index (χ3v) is 2.80. The summed E-state index contributed by atoms with van der Waals surface area (Å²) in [4.78, 5) is 13.8. The van der Waals surface area contributed by atoms with Crippen LogP contribution in [0.5, 0.6) is 0 Å². The quantitative estimate of drug-likeness (QED) is 0.729. The van der Waals surface area contributed by atoms with Gasteiger partial charge in [0, 0.05) is 13.1 Å². The molecule has 1 unspecified atom stereocenters. The van der Waals surface area contributed by atoms with Gasteiger partial charge in [-0.05, 0) is 12.1 Å². The van der Waals surface area contributed by atoms with Gasteiger partial charge in [0.2, 0.25) is 0 Å². The number of halogens is 1. The Kier molecular flexibility index (Phi) is 3.43. The van der Waals surface area contributed by atoms with E-state index in [1.54, 1.807) is 17.0 Å². The molecule has 0 N–H and O–H groups in total. The van der Waals surface area contributed by atoms with Crippen molar-refractivity contribution in [3.63, 3.8) is 0 Å². The Bertz CT molecular complexity index is 325. The van der Waals surface area contributed by atoms with Gasteiger partial charge in [0.25, 0.3) is 5.91 Å². The number of rotatable bonds is 1. The fourth-order valence-electron chi connectivity index (χ4n) is 1.51. The Morgan fingerprint density at radius 1 is 1.60 bits per heavy atom. The number of hydrogen-bond donors (Lipinski definition) is 0. The zero-order valence-electron chi connectivity index (χ0n) is 8.19. The number of amides is 1. The summed E-state index contributed by atoms with van der Waals surface area (Å²) in [6.45, 7) is 2.48. The van der Waals surface area contributed by atoms with Crippen LogP contribution in [0.3, 0.4) is 0 Å². The normalized spacial score (nSPS) is 22.5. The van der Waals surface area contributed by atoms with Crippen molar-refractivity contribution < 1.29 is 13.9 Å². The number of hydrogen-bond acceptors (Lipinski definition) is 3. The monoisotopic (exact) mass is 273 g/mol. The lowest BCUT2D eigenvalue weighted by atomic mass is 10.3. The second-order valence-corrected chi connectivity index (χ2v) is 4.70. The van der Waals surface area contributed by atoms with E-state index in [0.717, 1.165) is 0 Å². The summed E-state index contributed by atoms with van der Waals surface area (Å²) in [5.41, 5.74) is 0. The van der Waals surface area contributed by atoms with Gasteiger partial charge in [-0.1, -0.05) is 15.9 Å². The van der Waals surface area contributed by atoms with Crippen LogP contribution in [0.2, 0.25) is 0 Å². The van der Waals surface area contributed by atoms with Crippen LogP contribution in [-0.2, 0) is 4.74 Å². The van der Waals surface area contributed by atoms with E-state index in [9.17, 15) is 4.79 Å². The van der Waals surface area contributed by atoms with Crippen molar-refractivity contribution in [3.05, 3.63) is 24.2 Å². The van der Waals surface area contributed by atoms with E-state index in [-0.39, 0.29) is 10.7 Å². The summed E-state index contributed by atoms with van der Waals surface area (Å²) in [5.74, 6) is 0.312. The topological polar surface area (TPSA) is 42.7 Å². The fourth-order valence-corrected chi connectivity index (χ4v) is 2.05. The molecule has 1 saturated heterocycles. The van der Waals surface area contributed by atoms with Crippen LogP contribution < -0.4 is 0 Å². The van der Waals surface area contributed by atoms with Gasteiger partial charge in [-0.25, -0.2) is 0 Å². The molecule has 0 radical (unpaired) electrons. The summed E-state index contributed by atoms with van der Waals surface area (Å²) in [7, 11) is 0. The molecule has 2 rings (SSSR count). The fraction of sp³-hybridized carbons (Fsp3) is 0.500. The van der Waals surface area contributed by atoms with Gasteiger partial charge in [0.1, 0.15) is 0 Å². The number of alkyl halides is 1. The predicted molar refractivity (Wildman–Crippen MR) is 58.1 cm³/mol. The van der Waals surface area contributed by atoms with Crippen LogP contribution in [0.15, 0.2) is 22.8 Å². The lowest BCUT2D eigenvalue weighted by Crippen LogP contribution is -2.35.